The second kappa shape index (κ2) is 8.90. The molecule has 0 unspecified atom stereocenters. The number of anilines is 2. The van der Waals surface area contributed by atoms with Crippen LogP contribution in [0, 0.1) is 5.92 Å². The van der Waals surface area contributed by atoms with Crippen LogP contribution in [0.4, 0.5) is 11.4 Å². The summed E-state index contributed by atoms with van der Waals surface area (Å²) in [5, 5.41) is 5.42. The second-order valence-electron chi connectivity index (χ2n) is 7.42. The van der Waals surface area contributed by atoms with Crippen LogP contribution in [0.1, 0.15) is 48.5 Å². The molecule has 0 spiro atoms. The Hall–Kier alpha value is -3.15. The lowest BCUT2D eigenvalue weighted by Gasteiger charge is -2.23. The first-order chi connectivity index (χ1) is 13.9. The Balaban J connectivity index is 1.70. The average molecular weight is 393 g/mol. The lowest BCUT2D eigenvalue weighted by molar-refractivity contribution is -0.122. The van der Waals surface area contributed by atoms with Crippen LogP contribution >= 0.6 is 0 Å². The fraction of sp³-hybridized carbons (Fsp3) is 0.348. The van der Waals surface area contributed by atoms with Crippen molar-refractivity contribution >= 4 is 29.1 Å². The highest BCUT2D eigenvalue weighted by atomic mass is 16.2. The minimum absolute atomic E-state index is 0.0316. The van der Waals surface area contributed by atoms with Gasteiger partial charge in [-0.05, 0) is 48.2 Å². The highest BCUT2D eigenvalue weighted by Crippen LogP contribution is 2.33. The third-order valence-corrected chi connectivity index (χ3v) is 5.51. The average Bonchev–Trinajstić information content (AvgIpc) is 3.14. The first-order valence-electron chi connectivity index (χ1n) is 9.96. The molecule has 6 nitrogen and oxygen atoms in total. The number of carbonyl (C=O) groups is 3. The molecule has 29 heavy (non-hydrogen) atoms. The van der Waals surface area contributed by atoms with Gasteiger partial charge in [0.25, 0.3) is 5.91 Å². The zero-order chi connectivity index (χ0) is 21.0. The number of nitrogens with one attached hydrogen (secondary N) is 2. The molecule has 0 saturated carbocycles. The summed E-state index contributed by atoms with van der Waals surface area (Å²) in [6.45, 7) is 4.64. The lowest BCUT2D eigenvalue weighted by Crippen LogP contribution is -2.29. The van der Waals surface area contributed by atoms with E-state index in [2.05, 4.69) is 30.5 Å². The summed E-state index contributed by atoms with van der Waals surface area (Å²) in [6.07, 6.45) is 1.17. The summed E-state index contributed by atoms with van der Waals surface area (Å²) >= 11 is 0. The number of hydrogen-bond donors (Lipinski definition) is 2. The Kier molecular flexibility index (Phi) is 6.32. The van der Waals surface area contributed by atoms with Gasteiger partial charge in [0.15, 0.2) is 0 Å². The molecule has 1 fully saturated rings. The number of para-hydroxylation sites is 1. The molecule has 3 rings (SSSR count). The van der Waals surface area contributed by atoms with Crippen molar-refractivity contribution in [2.75, 3.05) is 23.8 Å². The van der Waals surface area contributed by atoms with E-state index < -0.39 is 5.92 Å². The van der Waals surface area contributed by atoms with E-state index in [9.17, 15) is 14.4 Å². The molecule has 2 atom stereocenters. The summed E-state index contributed by atoms with van der Waals surface area (Å²) in [5.74, 6) is -0.470. The van der Waals surface area contributed by atoms with E-state index in [4.69, 9.17) is 0 Å². The van der Waals surface area contributed by atoms with Gasteiger partial charge in [0, 0.05) is 37.0 Å². The molecule has 1 aliphatic heterocycles. The first-order valence-corrected chi connectivity index (χ1v) is 9.96. The number of nitrogens with zero attached hydrogens (tertiary/aromatic N) is 1. The predicted octanol–water partition coefficient (Wildman–Crippen LogP) is 3.55. The molecule has 2 aromatic rings. The molecule has 2 N–H and O–H groups in total. The molecule has 1 aliphatic rings. The van der Waals surface area contributed by atoms with Gasteiger partial charge in [0.05, 0.1) is 5.92 Å². The topological polar surface area (TPSA) is 78.5 Å². The number of carbonyl (C=O) groups excluding carboxylic acids is 3. The monoisotopic (exact) mass is 393 g/mol. The molecule has 1 heterocycles. The van der Waals surface area contributed by atoms with Crippen LogP contribution in [-0.2, 0) is 9.59 Å². The summed E-state index contributed by atoms with van der Waals surface area (Å²) in [5.41, 5.74) is 3.16. The quantitative estimate of drug-likeness (QED) is 0.788. The van der Waals surface area contributed by atoms with Crippen molar-refractivity contribution in [2.45, 2.75) is 32.6 Å². The van der Waals surface area contributed by atoms with Crippen LogP contribution in [0.2, 0.25) is 0 Å². The van der Waals surface area contributed by atoms with Crippen molar-refractivity contribution in [2.24, 2.45) is 5.92 Å². The van der Waals surface area contributed by atoms with Gasteiger partial charge in [-0.2, -0.15) is 0 Å². The minimum Gasteiger partial charge on any atom is -0.355 e. The number of rotatable bonds is 6. The normalized spacial score (nSPS) is 17.1. The molecule has 0 radical (unpaired) electrons. The van der Waals surface area contributed by atoms with E-state index in [-0.39, 0.29) is 24.1 Å². The Morgan fingerprint density at radius 3 is 2.48 bits per heavy atom. The molecule has 0 aliphatic carbocycles. The van der Waals surface area contributed by atoms with Gasteiger partial charge in [0.1, 0.15) is 0 Å². The van der Waals surface area contributed by atoms with E-state index in [0.717, 1.165) is 17.7 Å². The zero-order valence-electron chi connectivity index (χ0n) is 17.1. The van der Waals surface area contributed by atoms with Gasteiger partial charge in [-0.3, -0.25) is 14.4 Å². The van der Waals surface area contributed by atoms with Crippen molar-refractivity contribution in [3.05, 3.63) is 59.7 Å². The fourth-order valence-electron chi connectivity index (χ4n) is 3.58. The second-order valence-corrected chi connectivity index (χ2v) is 7.42. The molecule has 0 aromatic heterocycles. The highest BCUT2D eigenvalue weighted by Gasteiger charge is 2.36. The summed E-state index contributed by atoms with van der Waals surface area (Å²) in [6, 6.07) is 14.6. The standard InChI is InChI=1S/C23H27N3O3/c1-4-15(2)19-7-5-6-8-20(19)26-14-17(13-21(26)27)23(29)25-18-11-9-16(10-12-18)22(28)24-3/h5-12,15,17H,4,13-14H2,1-3H3,(H,24,28)(H,25,29)/t15-,17+/m1/s1. The van der Waals surface area contributed by atoms with Gasteiger partial charge in [-0.1, -0.05) is 32.0 Å². The van der Waals surface area contributed by atoms with Crippen LogP contribution in [0.15, 0.2) is 48.5 Å². The van der Waals surface area contributed by atoms with Crippen molar-refractivity contribution in [1.29, 1.82) is 0 Å². The van der Waals surface area contributed by atoms with E-state index in [1.807, 2.05) is 18.2 Å². The minimum atomic E-state index is -0.411. The Morgan fingerprint density at radius 1 is 1.14 bits per heavy atom. The molecule has 152 valence electrons. The first kappa shape index (κ1) is 20.6. The van der Waals surface area contributed by atoms with Crippen molar-refractivity contribution in [3.63, 3.8) is 0 Å². The lowest BCUT2D eigenvalue weighted by atomic mass is 9.96. The maximum absolute atomic E-state index is 12.7. The van der Waals surface area contributed by atoms with Crippen LogP contribution in [0.5, 0.6) is 0 Å². The van der Waals surface area contributed by atoms with Gasteiger partial charge in [-0.25, -0.2) is 0 Å². The van der Waals surface area contributed by atoms with Crippen LogP contribution < -0.4 is 15.5 Å². The molecule has 1 saturated heterocycles. The van der Waals surface area contributed by atoms with Gasteiger partial charge in [-0.15, -0.1) is 0 Å². The van der Waals surface area contributed by atoms with Crippen molar-refractivity contribution < 1.29 is 14.4 Å². The molecule has 6 heteroatoms. The molecule has 0 bridgehead atoms. The largest absolute Gasteiger partial charge is 0.355 e. The van der Waals surface area contributed by atoms with Crippen molar-refractivity contribution in [3.8, 4) is 0 Å². The highest BCUT2D eigenvalue weighted by molar-refractivity contribution is 6.04. The van der Waals surface area contributed by atoms with E-state index in [1.165, 1.54) is 0 Å². The van der Waals surface area contributed by atoms with E-state index >= 15 is 0 Å². The Morgan fingerprint density at radius 2 is 1.83 bits per heavy atom. The van der Waals surface area contributed by atoms with Gasteiger partial charge in [0.2, 0.25) is 11.8 Å². The molecular weight excluding hydrogens is 366 g/mol. The number of amides is 3. The molecular formula is C23H27N3O3. The number of benzene rings is 2. The SMILES string of the molecule is CC[C@@H](C)c1ccccc1N1C[C@@H](C(=O)Nc2ccc(C(=O)NC)cc2)CC1=O. The third kappa shape index (κ3) is 4.47. The molecule has 3 amide bonds. The summed E-state index contributed by atoms with van der Waals surface area (Å²) in [7, 11) is 1.57. The van der Waals surface area contributed by atoms with Crippen LogP contribution in [-0.4, -0.2) is 31.3 Å². The van der Waals surface area contributed by atoms with Gasteiger partial charge < -0.3 is 15.5 Å². The predicted molar refractivity (Wildman–Crippen MR) is 114 cm³/mol. The van der Waals surface area contributed by atoms with E-state index in [1.54, 1.807) is 36.2 Å². The van der Waals surface area contributed by atoms with Crippen LogP contribution in [0.3, 0.4) is 0 Å². The summed E-state index contributed by atoms with van der Waals surface area (Å²) in [4.78, 5) is 38.7. The maximum atomic E-state index is 12.7. The smallest absolute Gasteiger partial charge is 0.251 e. The van der Waals surface area contributed by atoms with Crippen molar-refractivity contribution in [1.82, 2.24) is 5.32 Å². The van der Waals surface area contributed by atoms with Gasteiger partial charge >= 0.3 is 0 Å². The number of hydrogen-bond acceptors (Lipinski definition) is 3. The maximum Gasteiger partial charge on any atom is 0.251 e. The van der Waals surface area contributed by atoms with E-state index in [0.29, 0.717) is 23.7 Å². The summed E-state index contributed by atoms with van der Waals surface area (Å²) < 4.78 is 0. The third-order valence-electron chi connectivity index (χ3n) is 5.51. The molecule has 2 aromatic carbocycles. The zero-order valence-corrected chi connectivity index (χ0v) is 17.1. The Labute approximate surface area is 171 Å². The van der Waals surface area contributed by atoms with Crippen LogP contribution in [0.25, 0.3) is 0 Å². The fourth-order valence-corrected chi connectivity index (χ4v) is 3.58. The Bertz CT molecular complexity index is 908.